The van der Waals surface area contributed by atoms with Gasteiger partial charge in [-0.2, -0.15) is 5.10 Å². The van der Waals surface area contributed by atoms with Crippen molar-refractivity contribution in [1.29, 1.82) is 0 Å². The summed E-state index contributed by atoms with van der Waals surface area (Å²) in [4.78, 5) is 34.3. The Labute approximate surface area is 167 Å². The van der Waals surface area contributed by atoms with Gasteiger partial charge in [0.15, 0.2) is 11.8 Å². The maximum Gasteiger partial charge on any atom is 0.343 e. The van der Waals surface area contributed by atoms with E-state index in [9.17, 15) is 14.4 Å². The lowest BCUT2D eigenvalue weighted by Crippen LogP contribution is -2.19. The monoisotopic (exact) mass is 455 g/mol. The summed E-state index contributed by atoms with van der Waals surface area (Å²) in [7, 11) is 2.48. The maximum absolute atomic E-state index is 11.7. The number of carbonyl (C=O) groups is 3. The number of amides is 1. The average Bonchev–Trinajstić information content (AvgIpc) is 2.99. The van der Waals surface area contributed by atoms with Crippen molar-refractivity contribution in [3.05, 3.63) is 39.2 Å². The molecule has 11 heteroatoms. The molecule has 1 amide bonds. The Bertz CT molecular complexity index is 853. The van der Waals surface area contributed by atoms with E-state index in [2.05, 4.69) is 40.9 Å². The van der Waals surface area contributed by atoms with Gasteiger partial charge in [-0.3, -0.25) is 10.1 Å². The van der Waals surface area contributed by atoms with Crippen molar-refractivity contribution in [3.8, 4) is 5.75 Å². The summed E-state index contributed by atoms with van der Waals surface area (Å²) in [5.41, 5.74) is 0.553. The molecule has 1 aliphatic heterocycles. The van der Waals surface area contributed by atoms with Crippen LogP contribution in [0.5, 0.6) is 5.75 Å². The number of thioether (sulfide) groups is 1. The lowest BCUT2D eigenvalue weighted by atomic mass is 10.2. The maximum atomic E-state index is 11.7. The highest BCUT2D eigenvalue weighted by atomic mass is 79.9. The molecule has 0 aromatic heterocycles. The van der Waals surface area contributed by atoms with E-state index in [4.69, 9.17) is 4.74 Å². The van der Waals surface area contributed by atoms with E-state index in [0.717, 1.165) is 22.3 Å². The number of nitrogens with zero attached hydrogens (tertiary/aromatic N) is 2. The zero-order valence-corrected chi connectivity index (χ0v) is 16.6. The number of methoxy groups -OCH3 is 2. The Morgan fingerprint density at radius 1 is 1.30 bits per heavy atom. The number of halogens is 1. The number of esters is 2. The summed E-state index contributed by atoms with van der Waals surface area (Å²) in [6.07, 6.45) is 2.47. The first kappa shape index (κ1) is 20.6. The Hall–Kier alpha value is -2.66. The minimum absolute atomic E-state index is 0.153. The van der Waals surface area contributed by atoms with Gasteiger partial charge >= 0.3 is 11.9 Å². The van der Waals surface area contributed by atoms with Gasteiger partial charge in [0.2, 0.25) is 0 Å². The molecule has 9 nitrogen and oxygen atoms in total. The fraction of sp³-hybridized carbons (Fsp3) is 0.188. The van der Waals surface area contributed by atoms with E-state index in [1.165, 1.54) is 20.4 Å². The van der Waals surface area contributed by atoms with Crippen LogP contribution in [0.2, 0.25) is 0 Å². The Morgan fingerprint density at radius 3 is 2.78 bits per heavy atom. The first-order valence-electron chi connectivity index (χ1n) is 7.32. The van der Waals surface area contributed by atoms with Crippen molar-refractivity contribution in [2.75, 3.05) is 20.8 Å². The fourth-order valence-electron chi connectivity index (χ4n) is 1.73. The predicted octanol–water partition coefficient (Wildman–Crippen LogP) is 1.61. The summed E-state index contributed by atoms with van der Waals surface area (Å²) in [6.45, 7) is -0.249. The van der Waals surface area contributed by atoms with E-state index < -0.39 is 17.8 Å². The number of hydrogen-bond donors (Lipinski definition) is 1. The lowest BCUT2D eigenvalue weighted by Gasteiger charge is -2.07. The van der Waals surface area contributed by atoms with Crippen LogP contribution >= 0.6 is 27.7 Å². The number of benzene rings is 1. The first-order chi connectivity index (χ1) is 12.9. The molecule has 1 aliphatic rings. The normalized spacial score (nSPS) is 16.6. The molecule has 1 aromatic rings. The zero-order chi connectivity index (χ0) is 19.8. The molecule has 2 rings (SSSR count). The Kier molecular flexibility index (Phi) is 7.55. The number of hydrogen-bond acceptors (Lipinski definition) is 9. The molecule has 0 spiro atoms. The van der Waals surface area contributed by atoms with Crippen LogP contribution in [0.15, 0.2) is 43.9 Å². The van der Waals surface area contributed by atoms with Crippen molar-refractivity contribution in [3.63, 3.8) is 0 Å². The molecule has 0 atom stereocenters. The van der Waals surface area contributed by atoms with Crippen molar-refractivity contribution in [1.82, 2.24) is 5.32 Å². The molecule has 0 aliphatic carbocycles. The van der Waals surface area contributed by atoms with Gasteiger partial charge in [-0.15, -0.1) is 5.10 Å². The second kappa shape index (κ2) is 9.88. The molecule has 1 aromatic carbocycles. The molecular formula is C16H14BrN3O6S. The summed E-state index contributed by atoms with van der Waals surface area (Å²) >= 11 is 4.29. The highest BCUT2D eigenvalue weighted by molar-refractivity contribution is 9.10. The number of amidine groups is 1. The average molecular weight is 456 g/mol. The van der Waals surface area contributed by atoms with E-state index in [1.807, 2.05) is 0 Å². The summed E-state index contributed by atoms with van der Waals surface area (Å²) in [5, 5.41) is 10.5. The van der Waals surface area contributed by atoms with Gasteiger partial charge in [0.25, 0.3) is 5.91 Å². The second-order valence-electron chi connectivity index (χ2n) is 4.78. The molecule has 0 saturated carbocycles. The van der Waals surface area contributed by atoms with Crippen LogP contribution in [0.4, 0.5) is 0 Å². The van der Waals surface area contributed by atoms with Crippen LogP contribution in [0.25, 0.3) is 0 Å². The topological polar surface area (TPSA) is 116 Å². The van der Waals surface area contributed by atoms with Crippen LogP contribution in [0, 0.1) is 0 Å². The Morgan fingerprint density at radius 2 is 2.07 bits per heavy atom. The number of rotatable bonds is 6. The summed E-state index contributed by atoms with van der Waals surface area (Å²) in [6, 6.07) is 5.12. The smallest absolute Gasteiger partial charge is 0.343 e. The molecule has 1 fully saturated rings. The molecule has 0 unspecified atom stereocenters. The van der Waals surface area contributed by atoms with Crippen molar-refractivity contribution < 1.29 is 28.6 Å². The van der Waals surface area contributed by atoms with Gasteiger partial charge in [0.1, 0.15) is 5.75 Å². The van der Waals surface area contributed by atoms with Gasteiger partial charge < -0.3 is 14.2 Å². The van der Waals surface area contributed by atoms with Gasteiger partial charge in [-0.05, 0) is 30.0 Å². The van der Waals surface area contributed by atoms with Crippen molar-refractivity contribution >= 4 is 56.9 Å². The molecule has 1 heterocycles. The van der Waals surface area contributed by atoms with Gasteiger partial charge in [-0.1, -0.05) is 15.9 Å². The third-order valence-electron chi connectivity index (χ3n) is 2.99. The standard InChI is InChI=1S/C16H14BrN3O6S/c1-24-13(21)6-12-15(23)19-16(27-12)20-18-7-9-5-10(17)3-4-11(9)26-8-14(22)25-2/h3-7H,8H2,1-2H3,(H,19,20,23)/b12-6+,18-7?. The predicted molar refractivity (Wildman–Crippen MR) is 103 cm³/mol. The lowest BCUT2D eigenvalue weighted by molar-refractivity contribution is -0.143. The quantitative estimate of drug-likeness (QED) is 0.299. The first-order valence-corrected chi connectivity index (χ1v) is 8.93. The summed E-state index contributed by atoms with van der Waals surface area (Å²) < 4.78 is 15.2. The zero-order valence-electron chi connectivity index (χ0n) is 14.2. The largest absolute Gasteiger partial charge is 0.481 e. The minimum Gasteiger partial charge on any atom is -0.481 e. The second-order valence-corrected chi connectivity index (χ2v) is 6.73. The number of ether oxygens (including phenoxy) is 3. The molecule has 27 heavy (non-hydrogen) atoms. The van der Waals surface area contributed by atoms with Crippen LogP contribution in [0.1, 0.15) is 5.56 Å². The van der Waals surface area contributed by atoms with Crippen LogP contribution in [-0.2, 0) is 23.9 Å². The van der Waals surface area contributed by atoms with Crippen molar-refractivity contribution in [2.24, 2.45) is 10.2 Å². The number of carbonyl (C=O) groups excluding carboxylic acids is 3. The van der Waals surface area contributed by atoms with Crippen LogP contribution < -0.4 is 10.1 Å². The molecule has 0 radical (unpaired) electrons. The van der Waals surface area contributed by atoms with E-state index >= 15 is 0 Å². The molecule has 1 saturated heterocycles. The van der Waals surface area contributed by atoms with Gasteiger partial charge in [-0.25, -0.2) is 9.59 Å². The fourth-order valence-corrected chi connectivity index (χ4v) is 2.85. The summed E-state index contributed by atoms with van der Waals surface area (Å²) in [5.74, 6) is -1.22. The Balaban J connectivity index is 2.11. The SMILES string of the molecule is COC(=O)/C=C1/S/C(=N\N=Cc2cc(Br)ccc2OCC(=O)OC)NC1=O. The molecular weight excluding hydrogens is 442 g/mol. The van der Waals surface area contributed by atoms with E-state index in [0.29, 0.717) is 11.3 Å². The van der Waals surface area contributed by atoms with Crippen molar-refractivity contribution in [2.45, 2.75) is 0 Å². The van der Waals surface area contributed by atoms with Crippen LogP contribution in [-0.4, -0.2) is 50.1 Å². The van der Waals surface area contributed by atoms with Crippen LogP contribution in [0.3, 0.4) is 0 Å². The van der Waals surface area contributed by atoms with Gasteiger partial charge in [0, 0.05) is 16.1 Å². The highest BCUT2D eigenvalue weighted by Crippen LogP contribution is 2.24. The molecule has 0 bridgehead atoms. The van der Waals surface area contributed by atoms with E-state index in [-0.39, 0.29) is 16.7 Å². The number of nitrogens with one attached hydrogen (secondary N) is 1. The van der Waals surface area contributed by atoms with E-state index in [1.54, 1.807) is 18.2 Å². The highest BCUT2D eigenvalue weighted by Gasteiger charge is 2.25. The van der Waals surface area contributed by atoms with Gasteiger partial charge in [0.05, 0.1) is 25.3 Å². The third kappa shape index (κ3) is 6.22. The minimum atomic E-state index is -0.640. The molecule has 1 N–H and O–H groups in total. The third-order valence-corrected chi connectivity index (χ3v) is 4.38. The molecule has 142 valence electrons.